The van der Waals surface area contributed by atoms with Gasteiger partial charge in [-0.15, -0.1) is 0 Å². The molecule has 0 fully saturated rings. The molecule has 0 heterocycles. The number of carbonyl (C=O) groups excluding carboxylic acids is 1. The van der Waals surface area contributed by atoms with E-state index in [1.54, 1.807) is 20.8 Å². The molecule has 0 saturated heterocycles. The van der Waals surface area contributed by atoms with Crippen LogP contribution in [0.3, 0.4) is 0 Å². The van der Waals surface area contributed by atoms with Gasteiger partial charge in [-0.3, -0.25) is 4.90 Å². The van der Waals surface area contributed by atoms with Gasteiger partial charge in [-0.05, 0) is 45.2 Å². The van der Waals surface area contributed by atoms with Crippen molar-refractivity contribution in [2.75, 3.05) is 0 Å². The number of ether oxygens (including phenoxy) is 1. The van der Waals surface area contributed by atoms with Gasteiger partial charge in [0.25, 0.3) is 0 Å². The van der Waals surface area contributed by atoms with Gasteiger partial charge in [-0.1, -0.05) is 31.2 Å². The van der Waals surface area contributed by atoms with Crippen LogP contribution in [0.4, 0.5) is 4.79 Å². The first-order valence-corrected chi connectivity index (χ1v) is 8.43. The van der Waals surface area contributed by atoms with E-state index in [0.717, 1.165) is 11.1 Å². The summed E-state index contributed by atoms with van der Waals surface area (Å²) in [6.07, 6.45) is 0.710. The fourth-order valence-corrected chi connectivity index (χ4v) is 3.29. The Labute approximate surface area is 143 Å². The summed E-state index contributed by atoms with van der Waals surface area (Å²) < 4.78 is 5.53. The highest BCUT2D eigenvalue weighted by Crippen LogP contribution is 2.37. The van der Waals surface area contributed by atoms with Crippen LogP contribution in [0.25, 0.3) is 0 Å². The molecule has 1 aromatic carbocycles. The zero-order valence-electron chi connectivity index (χ0n) is 15.1. The van der Waals surface area contributed by atoms with E-state index >= 15 is 0 Å². The summed E-state index contributed by atoms with van der Waals surface area (Å²) in [7, 11) is 0. The number of nitrogens with zero attached hydrogens (tertiary/aromatic N) is 1. The lowest BCUT2D eigenvalue weighted by Gasteiger charge is -2.42. The molecule has 24 heavy (non-hydrogen) atoms. The van der Waals surface area contributed by atoms with Crippen LogP contribution in [0, 0.1) is 0 Å². The van der Waals surface area contributed by atoms with E-state index < -0.39 is 23.2 Å². The van der Waals surface area contributed by atoms with Crippen molar-refractivity contribution in [1.29, 1.82) is 0 Å². The first-order valence-electron chi connectivity index (χ1n) is 8.43. The number of amides is 1. The Kier molecular flexibility index (Phi) is 4.92. The van der Waals surface area contributed by atoms with Gasteiger partial charge < -0.3 is 9.84 Å². The second-order valence-corrected chi connectivity index (χ2v) is 7.57. The van der Waals surface area contributed by atoms with Crippen LogP contribution < -0.4 is 0 Å². The maximum atomic E-state index is 12.8. The van der Waals surface area contributed by atoms with Gasteiger partial charge in [0.1, 0.15) is 5.60 Å². The Bertz CT molecular complexity index is 607. The predicted molar refractivity (Wildman–Crippen MR) is 92.0 cm³/mol. The van der Waals surface area contributed by atoms with Gasteiger partial charge in [0.05, 0.1) is 0 Å². The second kappa shape index (κ2) is 6.46. The molecule has 1 atom stereocenters. The van der Waals surface area contributed by atoms with Crippen LogP contribution in [-0.4, -0.2) is 39.3 Å². The molecule has 5 heteroatoms. The van der Waals surface area contributed by atoms with Crippen molar-refractivity contribution in [3.8, 4) is 0 Å². The number of carboxylic acids is 1. The second-order valence-electron chi connectivity index (χ2n) is 7.57. The van der Waals surface area contributed by atoms with E-state index in [2.05, 4.69) is 0 Å². The van der Waals surface area contributed by atoms with Crippen LogP contribution in [0.15, 0.2) is 24.3 Å². The maximum Gasteiger partial charge on any atom is 0.411 e. The summed E-state index contributed by atoms with van der Waals surface area (Å²) in [5.74, 6) is -0.982. The first kappa shape index (κ1) is 18.3. The normalized spacial score (nSPS) is 17.0. The number of carbonyl (C=O) groups is 2. The van der Waals surface area contributed by atoms with Crippen LogP contribution >= 0.6 is 0 Å². The number of hydrogen-bond acceptors (Lipinski definition) is 3. The van der Waals surface area contributed by atoms with Gasteiger partial charge in [0, 0.05) is 18.9 Å². The Morgan fingerprint density at radius 3 is 2.12 bits per heavy atom. The number of carboxylic acid groups (broad SMARTS) is 1. The highest BCUT2D eigenvalue weighted by atomic mass is 16.6. The largest absolute Gasteiger partial charge is 0.479 e. The van der Waals surface area contributed by atoms with Gasteiger partial charge in [-0.2, -0.15) is 0 Å². The summed E-state index contributed by atoms with van der Waals surface area (Å²) in [4.78, 5) is 26.6. The van der Waals surface area contributed by atoms with Gasteiger partial charge in [0.15, 0.2) is 5.54 Å². The Hall–Kier alpha value is -2.04. The fourth-order valence-electron chi connectivity index (χ4n) is 3.29. The third-order valence-corrected chi connectivity index (χ3v) is 4.57. The van der Waals surface area contributed by atoms with Gasteiger partial charge in [0.2, 0.25) is 0 Å². The number of aliphatic carboxylic acids is 1. The van der Waals surface area contributed by atoms with E-state index in [0.29, 0.717) is 19.3 Å². The monoisotopic (exact) mass is 333 g/mol. The maximum absolute atomic E-state index is 12.8. The van der Waals surface area contributed by atoms with Crippen LogP contribution in [-0.2, 0) is 22.4 Å². The third-order valence-electron chi connectivity index (χ3n) is 4.57. The molecule has 2 rings (SSSR count). The van der Waals surface area contributed by atoms with Crippen molar-refractivity contribution in [2.45, 2.75) is 71.1 Å². The minimum absolute atomic E-state index is 0.231. The number of benzene rings is 1. The highest BCUT2D eigenvalue weighted by molar-refractivity contribution is 5.86. The summed E-state index contributed by atoms with van der Waals surface area (Å²) in [6.45, 7) is 9.18. The minimum atomic E-state index is -1.29. The highest BCUT2D eigenvalue weighted by Gasteiger charge is 2.53. The zero-order chi connectivity index (χ0) is 18.1. The molecule has 5 nitrogen and oxygen atoms in total. The van der Waals surface area contributed by atoms with E-state index in [4.69, 9.17) is 4.74 Å². The van der Waals surface area contributed by atoms with Crippen LogP contribution in [0.2, 0.25) is 0 Å². The van der Waals surface area contributed by atoms with Gasteiger partial charge in [-0.25, -0.2) is 9.59 Å². The average Bonchev–Trinajstić information content (AvgIpc) is 2.85. The Morgan fingerprint density at radius 1 is 1.25 bits per heavy atom. The van der Waals surface area contributed by atoms with E-state index in [-0.39, 0.29) is 6.04 Å². The van der Waals surface area contributed by atoms with E-state index in [9.17, 15) is 14.7 Å². The molecule has 1 amide bonds. The lowest BCUT2D eigenvalue weighted by molar-refractivity contribution is -0.152. The molecule has 1 aliphatic carbocycles. The zero-order valence-corrected chi connectivity index (χ0v) is 15.1. The smallest absolute Gasteiger partial charge is 0.411 e. The molecule has 1 unspecified atom stereocenters. The third kappa shape index (κ3) is 3.40. The summed E-state index contributed by atoms with van der Waals surface area (Å²) >= 11 is 0. The summed E-state index contributed by atoms with van der Waals surface area (Å²) in [5.41, 5.74) is 0.00332. The Balaban J connectivity index is 2.46. The van der Waals surface area contributed by atoms with Gasteiger partial charge >= 0.3 is 12.1 Å². The summed E-state index contributed by atoms with van der Waals surface area (Å²) in [5, 5.41) is 10.0. The molecule has 0 spiro atoms. The number of hydrogen-bond donors (Lipinski definition) is 1. The first-order chi connectivity index (χ1) is 11.1. The lowest BCUT2D eigenvalue weighted by Crippen LogP contribution is -2.61. The molecular formula is C19H27NO4. The predicted octanol–water partition coefficient (Wildman–Crippen LogP) is 3.64. The van der Waals surface area contributed by atoms with Crippen molar-refractivity contribution >= 4 is 12.1 Å². The van der Waals surface area contributed by atoms with Crippen molar-refractivity contribution < 1.29 is 19.4 Å². The molecule has 1 N–H and O–H groups in total. The topological polar surface area (TPSA) is 66.8 Å². The van der Waals surface area contributed by atoms with Crippen molar-refractivity contribution in [3.05, 3.63) is 35.4 Å². The molecule has 0 radical (unpaired) electrons. The molecule has 0 aromatic heterocycles. The van der Waals surface area contributed by atoms with E-state index in [1.807, 2.05) is 38.1 Å². The number of rotatable bonds is 4. The van der Waals surface area contributed by atoms with E-state index in [1.165, 1.54) is 4.90 Å². The molecule has 132 valence electrons. The van der Waals surface area contributed by atoms with Crippen molar-refractivity contribution in [2.24, 2.45) is 0 Å². The number of fused-ring (bicyclic) bond motifs is 1. The van der Waals surface area contributed by atoms with Crippen molar-refractivity contribution in [1.82, 2.24) is 4.90 Å². The molecule has 1 aliphatic rings. The summed E-state index contributed by atoms with van der Waals surface area (Å²) in [6, 6.07) is 7.44. The molecule has 0 aliphatic heterocycles. The molecule has 1 aromatic rings. The Morgan fingerprint density at radius 2 is 1.75 bits per heavy atom. The minimum Gasteiger partial charge on any atom is -0.479 e. The SMILES string of the molecule is CCC(C)N(C(=O)OC(C)(C)C)C1(C(=O)O)Cc2ccccc2C1. The molecule has 0 bridgehead atoms. The quantitative estimate of drug-likeness (QED) is 0.913. The molecular weight excluding hydrogens is 306 g/mol. The fraction of sp³-hybridized carbons (Fsp3) is 0.579. The molecule has 0 saturated carbocycles. The standard InChI is InChI=1S/C19H27NO4/c1-6-13(2)20(17(23)24-18(3,4)5)19(16(21)22)11-14-9-7-8-10-15(14)12-19/h7-10,13H,6,11-12H2,1-5H3,(H,21,22). The van der Waals surface area contributed by atoms with Crippen LogP contribution in [0.1, 0.15) is 52.2 Å². The lowest BCUT2D eigenvalue weighted by atomic mass is 9.91. The average molecular weight is 333 g/mol. The van der Waals surface area contributed by atoms with Crippen molar-refractivity contribution in [3.63, 3.8) is 0 Å². The van der Waals surface area contributed by atoms with Crippen LogP contribution in [0.5, 0.6) is 0 Å².